The summed E-state index contributed by atoms with van der Waals surface area (Å²) in [6, 6.07) is 1.63. The van der Waals surface area contributed by atoms with Crippen LogP contribution in [0.25, 0.3) is 0 Å². The van der Waals surface area contributed by atoms with Gasteiger partial charge in [-0.1, -0.05) is 0 Å². The van der Waals surface area contributed by atoms with E-state index in [9.17, 15) is 9.59 Å². The standard InChI is InChI=1S/C10H15N3O3/c1-12(2)10(16)8-5-7-13(11-8)6-3-4-9(14)15/h5,7H,3-4,6H2,1-2H3,(H,14,15). The van der Waals surface area contributed by atoms with E-state index in [2.05, 4.69) is 5.10 Å². The van der Waals surface area contributed by atoms with Crippen molar-refractivity contribution in [1.29, 1.82) is 0 Å². The van der Waals surface area contributed by atoms with Crippen molar-refractivity contribution in [2.75, 3.05) is 14.1 Å². The van der Waals surface area contributed by atoms with Crippen LogP contribution in [-0.4, -0.2) is 45.8 Å². The van der Waals surface area contributed by atoms with Crippen molar-refractivity contribution in [3.8, 4) is 0 Å². The van der Waals surface area contributed by atoms with Crippen LogP contribution in [0.15, 0.2) is 12.3 Å². The summed E-state index contributed by atoms with van der Waals surface area (Å²) in [6.45, 7) is 0.507. The number of carbonyl (C=O) groups is 2. The number of carboxylic acid groups (broad SMARTS) is 1. The number of hydrogen-bond acceptors (Lipinski definition) is 3. The van der Waals surface area contributed by atoms with E-state index < -0.39 is 5.97 Å². The number of carboxylic acids is 1. The van der Waals surface area contributed by atoms with Crippen LogP contribution in [0.5, 0.6) is 0 Å². The predicted octanol–water partition coefficient (Wildman–Crippen LogP) is 0.450. The van der Waals surface area contributed by atoms with E-state index in [1.54, 1.807) is 31.0 Å². The normalized spacial score (nSPS) is 10.1. The Morgan fingerprint density at radius 1 is 1.50 bits per heavy atom. The number of nitrogens with zero attached hydrogens (tertiary/aromatic N) is 3. The van der Waals surface area contributed by atoms with Crippen molar-refractivity contribution < 1.29 is 14.7 Å². The number of rotatable bonds is 5. The Morgan fingerprint density at radius 2 is 2.19 bits per heavy atom. The van der Waals surface area contributed by atoms with Gasteiger partial charge in [0.25, 0.3) is 5.91 Å². The van der Waals surface area contributed by atoms with Crippen LogP contribution >= 0.6 is 0 Å². The lowest BCUT2D eigenvalue weighted by atomic mass is 10.3. The molecule has 0 saturated carbocycles. The molecule has 1 amide bonds. The Hall–Kier alpha value is -1.85. The molecule has 1 aromatic heterocycles. The van der Waals surface area contributed by atoms with E-state index in [4.69, 9.17) is 5.11 Å². The van der Waals surface area contributed by atoms with Crippen LogP contribution in [0.3, 0.4) is 0 Å². The molecule has 0 fully saturated rings. The van der Waals surface area contributed by atoms with Crippen molar-refractivity contribution in [2.24, 2.45) is 0 Å². The lowest BCUT2D eigenvalue weighted by molar-refractivity contribution is -0.137. The number of amides is 1. The summed E-state index contributed by atoms with van der Waals surface area (Å²) in [5, 5.41) is 12.5. The number of carbonyl (C=O) groups excluding carboxylic acids is 1. The largest absolute Gasteiger partial charge is 0.481 e. The van der Waals surface area contributed by atoms with E-state index in [0.717, 1.165) is 0 Å². The minimum Gasteiger partial charge on any atom is -0.481 e. The van der Waals surface area contributed by atoms with Gasteiger partial charge in [0.2, 0.25) is 0 Å². The second-order valence-corrected chi connectivity index (χ2v) is 3.66. The molecule has 1 aromatic rings. The highest BCUT2D eigenvalue weighted by Crippen LogP contribution is 2.01. The predicted molar refractivity (Wildman–Crippen MR) is 57.1 cm³/mol. The van der Waals surface area contributed by atoms with Gasteiger partial charge in [-0.05, 0) is 12.5 Å². The third-order valence-electron chi connectivity index (χ3n) is 2.04. The summed E-state index contributed by atoms with van der Waals surface area (Å²) >= 11 is 0. The van der Waals surface area contributed by atoms with Crippen LogP contribution in [0.1, 0.15) is 23.3 Å². The fourth-order valence-electron chi connectivity index (χ4n) is 1.22. The smallest absolute Gasteiger partial charge is 0.303 e. The number of aryl methyl sites for hydroxylation is 1. The maximum absolute atomic E-state index is 11.5. The van der Waals surface area contributed by atoms with Crippen molar-refractivity contribution in [3.05, 3.63) is 18.0 Å². The van der Waals surface area contributed by atoms with Gasteiger partial charge in [0.15, 0.2) is 0 Å². The average molecular weight is 225 g/mol. The molecular formula is C10H15N3O3. The Kier molecular flexibility index (Phi) is 4.04. The van der Waals surface area contributed by atoms with Gasteiger partial charge < -0.3 is 10.0 Å². The number of aliphatic carboxylic acids is 1. The van der Waals surface area contributed by atoms with Gasteiger partial charge in [-0.25, -0.2) is 0 Å². The minimum atomic E-state index is -0.822. The van der Waals surface area contributed by atoms with Gasteiger partial charge in [-0.15, -0.1) is 0 Å². The van der Waals surface area contributed by atoms with Crippen LogP contribution in [0.2, 0.25) is 0 Å². The van der Waals surface area contributed by atoms with E-state index >= 15 is 0 Å². The van der Waals surface area contributed by atoms with E-state index in [1.165, 1.54) is 4.90 Å². The van der Waals surface area contributed by atoms with Crippen molar-refractivity contribution in [2.45, 2.75) is 19.4 Å². The first-order valence-electron chi connectivity index (χ1n) is 4.97. The molecule has 0 aliphatic carbocycles. The molecule has 0 atom stereocenters. The second-order valence-electron chi connectivity index (χ2n) is 3.66. The Morgan fingerprint density at radius 3 is 2.75 bits per heavy atom. The molecule has 1 N–H and O–H groups in total. The maximum Gasteiger partial charge on any atom is 0.303 e. The first-order valence-corrected chi connectivity index (χ1v) is 4.97. The first-order chi connectivity index (χ1) is 7.50. The summed E-state index contributed by atoms with van der Waals surface area (Å²) in [5.74, 6) is -0.978. The summed E-state index contributed by atoms with van der Waals surface area (Å²) in [7, 11) is 3.32. The van der Waals surface area contributed by atoms with Crippen molar-refractivity contribution in [1.82, 2.24) is 14.7 Å². The Labute approximate surface area is 93.5 Å². The monoisotopic (exact) mass is 225 g/mol. The zero-order valence-corrected chi connectivity index (χ0v) is 9.38. The molecule has 0 aliphatic rings. The topological polar surface area (TPSA) is 75.4 Å². The number of aromatic nitrogens is 2. The highest BCUT2D eigenvalue weighted by Gasteiger charge is 2.11. The first kappa shape index (κ1) is 12.2. The molecule has 0 spiro atoms. The molecule has 0 bridgehead atoms. The minimum absolute atomic E-state index is 0.108. The maximum atomic E-state index is 11.5. The average Bonchev–Trinajstić information content (AvgIpc) is 2.64. The van der Waals surface area contributed by atoms with Crippen molar-refractivity contribution in [3.63, 3.8) is 0 Å². The zero-order valence-electron chi connectivity index (χ0n) is 9.38. The van der Waals surface area contributed by atoms with Gasteiger partial charge in [0.1, 0.15) is 5.69 Å². The Balaban J connectivity index is 2.51. The van der Waals surface area contributed by atoms with Crippen LogP contribution in [-0.2, 0) is 11.3 Å². The molecule has 1 rings (SSSR count). The van der Waals surface area contributed by atoms with Crippen LogP contribution in [0, 0.1) is 0 Å². The molecule has 6 heteroatoms. The third kappa shape index (κ3) is 3.38. The summed E-state index contributed by atoms with van der Waals surface area (Å²) in [4.78, 5) is 23.2. The lowest BCUT2D eigenvalue weighted by Gasteiger charge is -2.06. The highest BCUT2D eigenvalue weighted by atomic mass is 16.4. The number of hydrogen-bond donors (Lipinski definition) is 1. The fourth-order valence-corrected chi connectivity index (χ4v) is 1.22. The fraction of sp³-hybridized carbons (Fsp3) is 0.500. The summed E-state index contributed by atoms with van der Waals surface area (Å²) < 4.78 is 1.58. The van der Waals surface area contributed by atoms with Gasteiger partial charge in [-0.3, -0.25) is 14.3 Å². The third-order valence-corrected chi connectivity index (χ3v) is 2.04. The van der Waals surface area contributed by atoms with Gasteiger partial charge >= 0.3 is 5.97 Å². The highest BCUT2D eigenvalue weighted by molar-refractivity contribution is 5.91. The van der Waals surface area contributed by atoms with Gasteiger partial charge in [-0.2, -0.15) is 5.10 Å². The lowest BCUT2D eigenvalue weighted by Crippen LogP contribution is -2.22. The quantitative estimate of drug-likeness (QED) is 0.789. The molecule has 6 nitrogen and oxygen atoms in total. The zero-order chi connectivity index (χ0) is 12.1. The molecule has 0 saturated heterocycles. The SMILES string of the molecule is CN(C)C(=O)c1ccn(CCCC(=O)O)n1. The van der Waals surface area contributed by atoms with Gasteiger partial charge in [0.05, 0.1) is 0 Å². The molecule has 88 valence electrons. The van der Waals surface area contributed by atoms with E-state index in [-0.39, 0.29) is 12.3 Å². The molecule has 0 aromatic carbocycles. The molecule has 16 heavy (non-hydrogen) atoms. The van der Waals surface area contributed by atoms with Crippen LogP contribution < -0.4 is 0 Å². The van der Waals surface area contributed by atoms with Gasteiger partial charge in [0, 0.05) is 33.3 Å². The molecular weight excluding hydrogens is 210 g/mol. The van der Waals surface area contributed by atoms with Crippen LogP contribution in [0.4, 0.5) is 0 Å². The Bertz CT molecular complexity index is 384. The molecule has 0 aliphatic heterocycles. The van der Waals surface area contributed by atoms with Crippen molar-refractivity contribution >= 4 is 11.9 Å². The summed E-state index contributed by atoms with van der Waals surface area (Å²) in [5.41, 5.74) is 0.375. The molecule has 0 radical (unpaired) electrons. The van der Waals surface area contributed by atoms with E-state index in [1.807, 2.05) is 0 Å². The summed E-state index contributed by atoms with van der Waals surface area (Å²) in [6.07, 6.45) is 2.29. The molecule has 1 heterocycles. The molecule has 0 unspecified atom stereocenters. The second kappa shape index (κ2) is 5.29. The van der Waals surface area contributed by atoms with E-state index in [0.29, 0.717) is 18.7 Å².